The Bertz CT molecular complexity index is 861. The fourth-order valence-corrected chi connectivity index (χ4v) is 3.97. The summed E-state index contributed by atoms with van der Waals surface area (Å²) in [6.07, 6.45) is 6.59. The van der Waals surface area contributed by atoms with Crippen LogP contribution in [0.1, 0.15) is 44.2 Å². The van der Waals surface area contributed by atoms with Gasteiger partial charge in [-0.15, -0.1) is 0 Å². The maximum atomic E-state index is 13.5. The average Bonchev–Trinajstić information content (AvgIpc) is 3.13. The number of amides is 2. The highest BCUT2D eigenvalue weighted by molar-refractivity contribution is 5.98. The van der Waals surface area contributed by atoms with Crippen LogP contribution in [0.5, 0.6) is 0 Å². The predicted octanol–water partition coefficient (Wildman–Crippen LogP) is 5.18. The molecule has 1 aliphatic rings. The summed E-state index contributed by atoms with van der Waals surface area (Å²) in [6.45, 7) is 4.98. The van der Waals surface area contributed by atoms with Crippen molar-refractivity contribution in [1.29, 1.82) is 0 Å². The number of benzene rings is 2. The van der Waals surface area contributed by atoms with Crippen LogP contribution in [0.2, 0.25) is 0 Å². The van der Waals surface area contributed by atoms with E-state index in [0.717, 1.165) is 17.5 Å². The first-order valence-electron chi connectivity index (χ1n) is 11.2. The van der Waals surface area contributed by atoms with E-state index in [4.69, 9.17) is 4.74 Å². The average molecular weight is 420 g/mol. The molecule has 0 bridgehead atoms. The summed E-state index contributed by atoms with van der Waals surface area (Å²) in [5, 5.41) is 0. The van der Waals surface area contributed by atoms with Gasteiger partial charge < -0.3 is 4.74 Å². The molecule has 1 heterocycles. The Kier molecular flexibility index (Phi) is 8.60. The number of nitrogens with zero attached hydrogens (tertiary/aromatic N) is 1. The topological polar surface area (TPSA) is 46.6 Å². The van der Waals surface area contributed by atoms with Crippen molar-refractivity contribution in [3.8, 4) is 0 Å². The number of hydrogen-bond donors (Lipinski definition) is 0. The van der Waals surface area contributed by atoms with Gasteiger partial charge in [-0.25, -0.2) is 0 Å². The zero-order valence-electron chi connectivity index (χ0n) is 18.6. The molecule has 0 aromatic heterocycles. The zero-order chi connectivity index (χ0) is 22.1. The van der Waals surface area contributed by atoms with E-state index in [1.807, 2.05) is 54.6 Å². The van der Waals surface area contributed by atoms with Crippen LogP contribution in [0, 0.1) is 11.8 Å². The van der Waals surface area contributed by atoms with Crippen molar-refractivity contribution in [2.24, 2.45) is 11.8 Å². The lowest BCUT2D eigenvalue weighted by molar-refractivity contribution is -0.148. The fourth-order valence-electron chi connectivity index (χ4n) is 3.97. The predicted molar refractivity (Wildman–Crippen MR) is 123 cm³/mol. The Morgan fingerprint density at radius 2 is 1.71 bits per heavy atom. The van der Waals surface area contributed by atoms with Crippen LogP contribution in [0.3, 0.4) is 0 Å². The lowest BCUT2D eigenvalue weighted by Gasteiger charge is -2.27. The largest absolute Gasteiger partial charge is 0.376 e. The van der Waals surface area contributed by atoms with E-state index in [2.05, 4.69) is 32.1 Å². The first-order chi connectivity index (χ1) is 15.0. The van der Waals surface area contributed by atoms with Crippen molar-refractivity contribution in [3.63, 3.8) is 0 Å². The van der Waals surface area contributed by atoms with Gasteiger partial charge in [0, 0.05) is 12.5 Å². The van der Waals surface area contributed by atoms with E-state index < -0.39 is 0 Å². The minimum atomic E-state index is -0.362. The second kappa shape index (κ2) is 11.6. The molecule has 0 unspecified atom stereocenters. The Morgan fingerprint density at radius 3 is 2.35 bits per heavy atom. The second-order valence-electron chi connectivity index (χ2n) is 8.59. The molecule has 1 saturated heterocycles. The molecule has 0 N–H and O–H groups in total. The lowest BCUT2D eigenvalue weighted by Crippen LogP contribution is -2.44. The number of rotatable bonds is 10. The summed E-state index contributed by atoms with van der Waals surface area (Å²) < 4.78 is 5.92. The lowest BCUT2D eigenvalue weighted by atomic mass is 10.00. The van der Waals surface area contributed by atoms with Crippen molar-refractivity contribution in [2.45, 2.75) is 52.2 Å². The Labute approximate surface area is 185 Å². The van der Waals surface area contributed by atoms with Crippen LogP contribution < -0.4 is 0 Å². The molecule has 164 valence electrons. The smallest absolute Gasteiger partial charge is 0.235 e. The second-order valence-corrected chi connectivity index (χ2v) is 8.59. The summed E-state index contributed by atoms with van der Waals surface area (Å²) in [7, 11) is 0. The molecular formula is C27H33NO3. The van der Waals surface area contributed by atoms with Crippen LogP contribution >= 0.6 is 0 Å². The standard InChI is InChI=1S/C27H33NO3/c1-21(2)10-9-15-24(20-31-19-23-13-7-4-8-14-23)27(30)28-25(16-17-26(28)29)18-22-11-5-3-6-12-22/h3-14,21,24-25H,15-20H2,1-2H3/t24-,25-/m0/s1. The first kappa shape index (κ1) is 23.0. The number of ether oxygens (including phenoxy) is 1. The number of imide groups is 1. The van der Waals surface area contributed by atoms with Gasteiger partial charge in [-0.3, -0.25) is 14.5 Å². The van der Waals surface area contributed by atoms with E-state index in [1.165, 1.54) is 4.90 Å². The molecule has 0 spiro atoms. The number of likely N-dealkylation sites (tertiary alicyclic amines) is 1. The van der Waals surface area contributed by atoms with Crippen LogP contribution in [0.4, 0.5) is 0 Å². The minimum Gasteiger partial charge on any atom is -0.376 e. The SMILES string of the molecule is CC(C)C=CC[C@@H](COCc1ccccc1)C(=O)N1C(=O)CC[C@H]1Cc1ccccc1. The Morgan fingerprint density at radius 1 is 1.06 bits per heavy atom. The summed E-state index contributed by atoms with van der Waals surface area (Å²) in [5.74, 6) is -0.115. The zero-order valence-corrected chi connectivity index (χ0v) is 18.6. The molecule has 31 heavy (non-hydrogen) atoms. The van der Waals surface area contributed by atoms with Crippen molar-refractivity contribution in [3.05, 3.63) is 83.9 Å². The van der Waals surface area contributed by atoms with Gasteiger partial charge in [-0.05, 0) is 36.3 Å². The summed E-state index contributed by atoms with van der Waals surface area (Å²) >= 11 is 0. The van der Waals surface area contributed by atoms with E-state index in [0.29, 0.717) is 38.4 Å². The number of carbonyl (C=O) groups excluding carboxylic acids is 2. The highest BCUT2D eigenvalue weighted by Crippen LogP contribution is 2.26. The molecule has 4 heteroatoms. The van der Waals surface area contributed by atoms with Gasteiger partial charge >= 0.3 is 0 Å². The summed E-state index contributed by atoms with van der Waals surface area (Å²) in [4.78, 5) is 27.6. The van der Waals surface area contributed by atoms with Gasteiger partial charge in [-0.2, -0.15) is 0 Å². The van der Waals surface area contributed by atoms with E-state index >= 15 is 0 Å². The number of hydrogen-bond acceptors (Lipinski definition) is 3. The molecule has 3 rings (SSSR count). The normalized spacial score (nSPS) is 17.6. The third kappa shape index (κ3) is 6.90. The highest BCUT2D eigenvalue weighted by Gasteiger charge is 2.38. The van der Waals surface area contributed by atoms with Crippen LogP contribution in [0.25, 0.3) is 0 Å². The third-order valence-corrected chi connectivity index (χ3v) is 5.60. The number of allylic oxidation sites excluding steroid dienone is 2. The van der Waals surface area contributed by atoms with Gasteiger partial charge in [0.05, 0.1) is 19.1 Å². The van der Waals surface area contributed by atoms with Gasteiger partial charge in [0.15, 0.2) is 0 Å². The van der Waals surface area contributed by atoms with Gasteiger partial charge in [-0.1, -0.05) is 86.7 Å². The molecule has 1 aliphatic heterocycles. The van der Waals surface area contributed by atoms with Gasteiger partial charge in [0.1, 0.15) is 0 Å². The summed E-state index contributed by atoms with van der Waals surface area (Å²) in [6, 6.07) is 19.9. The van der Waals surface area contributed by atoms with Crippen LogP contribution in [0.15, 0.2) is 72.8 Å². The van der Waals surface area contributed by atoms with Crippen LogP contribution in [-0.4, -0.2) is 29.4 Å². The van der Waals surface area contributed by atoms with Crippen molar-refractivity contribution >= 4 is 11.8 Å². The van der Waals surface area contributed by atoms with Crippen LogP contribution in [-0.2, 0) is 27.4 Å². The quantitative estimate of drug-likeness (QED) is 0.499. The molecule has 2 aromatic rings. The molecular weight excluding hydrogens is 386 g/mol. The fraction of sp³-hybridized carbons (Fsp3) is 0.407. The molecule has 0 radical (unpaired) electrons. The molecule has 2 aromatic carbocycles. The first-order valence-corrected chi connectivity index (χ1v) is 11.2. The maximum Gasteiger partial charge on any atom is 0.235 e. The highest BCUT2D eigenvalue weighted by atomic mass is 16.5. The molecule has 0 aliphatic carbocycles. The monoisotopic (exact) mass is 419 g/mol. The van der Waals surface area contributed by atoms with E-state index in [9.17, 15) is 9.59 Å². The third-order valence-electron chi connectivity index (χ3n) is 5.60. The van der Waals surface area contributed by atoms with E-state index in [-0.39, 0.29) is 23.8 Å². The minimum absolute atomic E-state index is 0.0631. The molecule has 4 nitrogen and oxygen atoms in total. The van der Waals surface area contributed by atoms with Gasteiger partial charge in [0.2, 0.25) is 11.8 Å². The maximum absolute atomic E-state index is 13.5. The van der Waals surface area contributed by atoms with E-state index in [1.54, 1.807) is 0 Å². The molecule has 2 atom stereocenters. The van der Waals surface area contributed by atoms with Crippen molar-refractivity contribution in [2.75, 3.05) is 6.61 Å². The van der Waals surface area contributed by atoms with Gasteiger partial charge in [0.25, 0.3) is 0 Å². The van der Waals surface area contributed by atoms with Crippen molar-refractivity contribution in [1.82, 2.24) is 4.90 Å². The molecule has 1 fully saturated rings. The number of carbonyl (C=O) groups is 2. The Balaban J connectivity index is 1.69. The Hall–Kier alpha value is -2.72. The molecule has 2 amide bonds. The summed E-state index contributed by atoms with van der Waals surface area (Å²) in [5.41, 5.74) is 2.22. The molecule has 0 saturated carbocycles. The van der Waals surface area contributed by atoms with Crippen molar-refractivity contribution < 1.29 is 14.3 Å².